The van der Waals surface area contributed by atoms with E-state index in [-0.39, 0.29) is 28.9 Å². The number of nitrogens with zero attached hydrogens (tertiary/aromatic N) is 1. The zero-order valence-corrected chi connectivity index (χ0v) is 10.6. The maximum absolute atomic E-state index is 12.2. The van der Waals surface area contributed by atoms with E-state index in [9.17, 15) is 9.90 Å². The Balaban J connectivity index is 3.02. The van der Waals surface area contributed by atoms with E-state index in [1.54, 1.807) is 0 Å². The third-order valence-electron chi connectivity index (χ3n) is 2.84. The Morgan fingerprint density at radius 2 is 2.24 bits per heavy atom. The zero-order chi connectivity index (χ0) is 12.8. The number of hydrogen-bond donors (Lipinski definition) is 1. The first-order valence-electron chi connectivity index (χ1n) is 5.91. The Morgan fingerprint density at radius 3 is 2.76 bits per heavy atom. The summed E-state index contributed by atoms with van der Waals surface area (Å²) in [5.41, 5.74) is 0.115. The number of pyridine rings is 1. The highest BCUT2D eigenvalue weighted by Gasteiger charge is 2.23. The van der Waals surface area contributed by atoms with Gasteiger partial charge in [0.2, 0.25) is 0 Å². The van der Waals surface area contributed by atoms with Crippen LogP contribution in [0.5, 0.6) is 11.5 Å². The fourth-order valence-corrected chi connectivity index (χ4v) is 1.84. The number of aromatic nitrogens is 1. The minimum absolute atomic E-state index is 0.0782. The van der Waals surface area contributed by atoms with Crippen LogP contribution in [-0.2, 0) is 0 Å². The van der Waals surface area contributed by atoms with Crippen molar-refractivity contribution in [3.63, 3.8) is 0 Å². The molecule has 17 heavy (non-hydrogen) atoms. The fourth-order valence-electron chi connectivity index (χ4n) is 1.84. The van der Waals surface area contributed by atoms with Crippen LogP contribution in [0.2, 0.25) is 0 Å². The molecule has 0 amide bonds. The summed E-state index contributed by atoms with van der Waals surface area (Å²) in [4.78, 5) is 16.1. The Bertz CT molecular complexity index is 390. The van der Waals surface area contributed by atoms with E-state index in [4.69, 9.17) is 4.74 Å². The molecule has 0 aliphatic heterocycles. The summed E-state index contributed by atoms with van der Waals surface area (Å²) in [7, 11) is 1.45. The molecule has 1 unspecified atom stereocenters. The van der Waals surface area contributed by atoms with Gasteiger partial charge in [-0.1, -0.05) is 20.3 Å². The molecule has 4 heteroatoms. The van der Waals surface area contributed by atoms with Crippen molar-refractivity contribution in [2.24, 2.45) is 5.92 Å². The van der Waals surface area contributed by atoms with Gasteiger partial charge in [0.1, 0.15) is 0 Å². The highest BCUT2D eigenvalue weighted by molar-refractivity contribution is 5.99. The SMILES string of the molecule is CCCC(CC)C(=O)c1nccc(OC)c1O. The molecule has 0 saturated heterocycles. The number of rotatable bonds is 6. The van der Waals surface area contributed by atoms with Crippen molar-refractivity contribution in [2.45, 2.75) is 33.1 Å². The number of hydrogen-bond acceptors (Lipinski definition) is 4. The van der Waals surface area contributed by atoms with Crippen molar-refractivity contribution in [1.82, 2.24) is 4.98 Å². The number of ether oxygens (including phenoxy) is 1. The Kier molecular flexibility index (Phi) is 4.94. The van der Waals surface area contributed by atoms with Gasteiger partial charge in [-0.15, -0.1) is 0 Å². The zero-order valence-electron chi connectivity index (χ0n) is 10.6. The maximum atomic E-state index is 12.2. The van der Waals surface area contributed by atoms with Crippen molar-refractivity contribution < 1.29 is 14.6 Å². The second kappa shape index (κ2) is 6.23. The van der Waals surface area contributed by atoms with Gasteiger partial charge in [-0.25, -0.2) is 4.98 Å². The first-order chi connectivity index (χ1) is 8.15. The molecule has 0 aliphatic carbocycles. The van der Waals surface area contributed by atoms with Crippen molar-refractivity contribution in [3.05, 3.63) is 18.0 Å². The molecule has 4 nitrogen and oxygen atoms in total. The fraction of sp³-hybridized carbons (Fsp3) is 0.538. The maximum Gasteiger partial charge on any atom is 0.188 e. The van der Waals surface area contributed by atoms with Crippen molar-refractivity contribution in [3.8, 4) is 11.5 Å². The number of ketones is 1. The number of Topliss-reactive ketones (excluding diaryl/α,β-unsaturated/α-hetero) is 1. The summed E-state index contributed by atoms with van der Waals surface area (Å²) in [6.45, 7) is 4.00. The van der Waals surface area contributed by atoms with Crippen LogP contribution < -0.4 is 4.74 Å². The number of carbonyl (C=O) groups is 1. The lowest BCUT2D eigenvalue weighted by Gasteiger charge is -2.13. The normalized spacial score (nSPS) is 12.2. The van der Waals surface area contributed by atoms with Crippen LogP contribution in [0.15, 0.2) is 12.3 Å². The highest BCUT2D eigenvalue weighted by Crippen LogP contribution is 2.30. The molecular weight excluding hydrogens is 218 g/mol. The summed E-state index contributed by atoms with van der Waals surface area (Å²) in [6, 6.07) is 1.53. The Labute approximate surface area is 102 Å². The molecule has 1 heterocycles. The second-order valence-corrected chi connectivity index (χ2v) is 3.97. The summed E-state index contributed by atoms with van der Waals surface area (Å²) in [5, 5.41) is 9.86. The molecule has 0 aliphatic rings. The molecule has 1 atom stereocenters. The van der Waals surface area contributed by atoms with Gasteiger partial charge in [-0.3, -0.25) is 4.79 Å². The summed E-state index contributed by atoms with van der Waals surface area (Å²) in [5.74, 6) is -0.0551. The number of aromatic hydroxyl groups is 1. The minimum atomic E-state index is -0.158. The van der Waals surface area contributed by atoms with Gasteiger partial charge in [0, 0.05) is 18.2 Å². The molecule has 0 spiro atoms. The molecule has 0 saturated carbocycles. The van der Waals surface area contributed by atoms with Crippen LogP contribution in [-0.4, -0.2) is 23.0 Å². The summed E-state index contributed by atoms with van der Waals surface area (Å²) < 4.78 is 4.97. The number of methoxy groups -OCH3 is 1. The molecular formula is C13H19NO3. The van der Waals surface area contributed by atoms with Crippen LogP contribution in [0.3, 0.4) is 0 Å². The molecule has 0 aromatic carbocycles. The van der Waals surface area contributed by atoms with Crippen molar-refractivity contribution >= 4 is 5.78 Å². The van der Waals surface area contributed by atoms with Gasteiger partial charge in [0.25, 0.3) is 0 Å². The third-order valence-corrected chi connectivity index (χ3v) is 2.84. The predicted molar refractivity (Wildman–Crippen MR) is 65.5 cm³/mol. The molecule has 94 valence electrons. The van der Waals surface area contributed by atoms with Crippen LogP contribution in [0.25, 0.3) is 0 Å². The van der Waals surface area contributed by atoms with E-state index in [0.29, 0.717) is 0 Å². The van der Waals surface area contributed by atoms with Gasteiger partial charge in [0.15, 0.2) is 23.0 Å². The van der Waals surface area contributed by atoms with E-state index in [1.165, 1.54) is 19.4 Å². The largest absolute Gasteiger partial charge is 0.503 e. The van der Waals surface area contributed by atoms with Gasteiger partial charge < -0.3 is 9.84 Å². The molecule has 0 fully saturated rings. The third kappa shape index (κ3) is 2.96. The standard InChI is InChI=1S/C13H19NO3/c1-4-6-9(5-2)12(15)11-13(16)10(17-3)7-8-14-11/h7-9,16H,4-6H2,1-3H3. The first kappa shape index (κ1) is 13.5. The molecule has 0 radical (unpaired) electrons. The van der Waals surface area contributed by atoms with Gasteiger partial charge in [0.05, 0.1) is 7.11 Å². The van der Waals surface area contributed by atoms with E-state index in [1.807, 2.05) is 13.8 Å². The quantitative estimate of drug-likeness (QED) is 0.773. The van der Waals surface area contributed by atoms with Crippen molar-refractivity contribution in [2.75, 3.05) is 7.11 Å². The predicted octanol–water partition coefficient (Wildman–Crippen LogP) is 2.80. The smallest absolute Gasteiger partial charge is 0.188 e. The van der Waals surface area contributed by atoms with Crippen LogP contribution >= 0.6 is 0 Å². The van der Waals surface area contributed by atoms with Crippen LogP contribution in [0, 0.1) is 5.92 Å². The molecule has 1 aromatic heterocycles. The average Bonchev–Trinajstić information content (AvgIpc) is 2.35. The summed E-state index contributed by atoms with van der Waals surface area (Å²) >= 11 is 0. The Morgan fingerprint density at radius 1 is 1.53 bits per heavy atom. The molecule has 0 bridgehead atoms. The molecule has 1 aromatic rings. The second-order valence-electron chi connectivity index (χ2n) is 3.97. The van der Waals surface area contributed by atoms with E-state index < -0.39 is 0 Å². The molecule has 1 rings (SSSR count). The topological polar surface area (TPSA) is 59.4 Å². The molecule has 1 N–H and O–H groups in total. The number of carbonyl (C=O) groups excluding carboxylic acids is 1. The first-order valence-corrected chi connectivity index (χ1v) is 5.91. The van der Waals surface area contributed by atoms with E-state index >= 15 is 0 Å². The summed E-state index contributed by atoms with van der Waals surface area (Å²) in [6.07, 6.45) is 3.98. The van der Waals surface area contributed by atoms with Gasteiger partial charge in [-0.2, -0.15) is 0 Å². The minimum Gasteiger partial charge on any atom is -0.503 e. The monoisotopic (exact) mass is 237 g/mol. The highest BCUT2D eigenvalue weighted by atomic mass is 16.5. The van der Waals surface area contributed by atoms with Crippen LogP contribution in [0.4, 0.5) is 0 Å². The van der Waals surface area contributed by atoms with Gasteiger partial charge in [-0.05, 0) is 12.8 Å². The average molecular weight is 237 g/mol. The Hall–Kier alpha value is -1.58. The lowest BCUT2D eigenvalue weighted by molar-refractivity contribution is 0.0900. The van der Waals surface area contributed by atoms with Gasteiger partial charge >= 0.3 is 0 Å². The van der Waals surface area contributed by atoms with E-state index in [0.717, 1.165) is 19.3 Å². The lowest BCUT2D eigenvalue weighted by atomic mass is 9.93. The van der Waals surface area contributed by atoms with E-state index in [2.05, 4.69) is 4.98 Å². The van der Waals surface area contributed by atoms with Crippen LogP contribution in [0.1, 0.15) is 43.6 Å². The lowest BCUT2D eigenvalue weighted by Crippen LogP contribution is -2.15. The van der Waals surface area contributed by atoms with Crippen molar-refractivity contribution in [1.29, 1.82) is 0 Å².